The van der Waals surface area contributed by atoms with Gasteiger partial charge in [0.2, 0.25) is 5.91 Å². The van der Waals surface area contributed by atoms with Gasteiger partial charge in [-0.25, -0.2) is 0 Å². The van der Waals surface area contributed by atoms with Crippen molar-refractivity contribution in [2.75, 3.05) is 13.2 Å². The molecular weight excluding hydrogens is 1020 g/mol. The fourth-order valence-electron chi connectivity index (χ4n) is 11.9. The lowest BCUT2D eigenvalue weighted by Gasteiger charge is -2.20. The molecule has 0 aliphatic rings. The van der Waals surface area contributed by atoms with E-state index in [-0.39, 0.29) is 18.5 Å². The van der Waals surface area contributed by atoms with Crippen molar-refractivity contribution in [2.24, 2.45) is 0 Å². The predicted molar refractivity (Wildman–Crippen MR) is 366 cm³/mol. The summed E-state index contributed by atoms with van der Waals surface area (Å²) in [5.74, 6) is -0.0546. The molecule has 0 fully saturated rings. The van der Waals surface area contributed by atoms with Crippen molar-refractivity contribution in [3.8, 4) is 0 Å². The van der Waals surface area contributed by atoms with Gasteiger partial charge in [0.25, 0.3) is 0 Å². The molecule has 6 heteroatoms. The standard InChI is InChI=1S/C77H147NO5/c1-3-5-7-9-11-13-15-17-19-20-21-22-30-33-36-39-42-45-49-53-57-61-65-69-75(80)74(73-79)78-76(81)70-66-62-58-54-50-46-43-40-37-34-31-28-26-24-23-25-27-29-32-35-38-41-44-48-52-56-60-64-68-72-83-77(82)71-67-63-59-55-51-47-18-16-14-12-10-8-6-4-2/h16,18,23,25,65,69,74-75,79-80H,3-15,17,19-22,24,26-64,66-68,70-73H2,1-2H3,(H,78,81)/b18-16-,25-23-,69-65+. The quantitative estimate of drug-likeness (QED) is 0.0320. The molecule has 0 rings (SSSR count). The molecule has 1 amide bonds. The molecule has 0 aliphatic heterocycles. The average Bonchev–Trinajstić information content (AvgIpc) is 3.49. The van der Waals surface area contributed by atoms with Gasteiger partial charge in [0.05, 0.1) is 25.4 Å². The van der Waals surface area contributed by atoms with Crippen molar-refractivity contribution in [2.45, 2.75) is 431 Å². The summed E-state index contributed by atoms with van der Waals surface area (Å²) in [6, 6.07) is -0.629. The molecule has 490 valence electrons. The van der Waals surface area contributed by atoms with E-state index in [1.165, 1.54) is 347 Å². The number of rotatable bonds is 71. The van der Waals surface area contributed by atoms with E-state index in [1.807, 2.05) is 6.08 Å². The molecule has 0 spiro atoms. The van der Waals surface area contributed by atoms with Gasteiger partial charge >= 0.3 is 5.97 Å². The zero-order chi connectivity index (χ0) is 59.9. The number of amides is 1. The van der Waals surface area contributed by atoms with E-state index in [2.05, 4.69) is 43.5 Å². The summed E-state index contributed by atoms with van der Waals surface area (Å²) in [7, 11) is 0. The maximum absolute atomic E-state index is 12.5. The summed E-state index contributed by atoms with van der Waals surface area (Å²) in [4.78, 5) is 24.6. The van der Waals surface area contributed by atoms with E-state index in [9.17, 15) is 19.8 Å². The van der Waals surface area contributed by atoms with Gasteiger partial charge in [0.1, 0.15) is 0 Å². The van der Waals surface area contributed by atoms with Crippen LogP contribution in [-0.2, 0) is 14.3 Å². The van der Waals surface area contributed by atoms with E-state index >= 15 is 0 Å². The molecule has 0 aromatic carbocycles. The van der Waals surface area contributed by atoms with Crippen LogP contribution < -0.4 is 5.32 Å². The second-order valence-electron chi connectivity index (χ2n) is 26.0. The minimum atomic E-state index is -0.846. The third kappa shape index (κ3) is 69.1. The number of unbranched alkanes of at least 4 members (excludes halogenated alkanes) is 56. The third-order valence-electron chi connectivity index (χ3n) is 17.6. The van der Waals surface area contributed by atoms with E-state index < -0.39 is 12.1 Å². The molecule has 0 aliphatic carbocycles. The molecule has 0 saturated carbocycles. The summed E-state index contributed by atoms with van der Waals surface area (Å²) in [5.41, 5.74) is 0. The number of aliphatic hydroxyl groups is 2. The van der Waals surface area contributed by atoms with Crippen LogP contribution in [-0.4, -0.2) is 47.4 Å². The minimum absolute atomic E-state index is 0.00820. The maximum Gasteiger partial charge on any atom is 0.305 e. The number of carbonyl (C=O) groups excluding carboxylic acids is 2. The minimum Gasteiger partial charge on any atom is -0.466 e. The Morgan fingerprint density at radius 3 is 0.855 bits per heavy atom. The van der Waals surface area contributed by atoms with Gasteiger partial charge in [-0.2, -0.15) is 0 Å². The number of nitrogens with one attached hydrogen (secondary N) is 1. The first-order valence-corrected chi connectivity index (χ1v) is 37.8. The van der Waals surface area contributed by atoms with Crippen molar-refractivity contribution >= 4 is 11.9 Å². The zero-order valence-corrected chi connectivity index (χ0v) is 56.2. The van der Waals surface area contributed by atoms with Gasteiger partial charge in [0, 0.05) is 12.8 Å². The highest BCUT2D eigenvalue weighted by Gasteiger charge is 2.18. The molecule has 0 radical (unpaired) electrons. The molecular formula is C77H147NO5. The second kappa shape index (κ2) is 72.6. The van der Waals surface area contributed by atoms with Crippen LogP contribution in [0.5, 0.6) is 0 Å². The molecule has 2 atom stereocenters. The first-order valence-electron chi connectivity index (χ1n) is 37.8. The predicted octanol–water partition coefficient (Wildman–Crippen LogP) is 24.7. The molecule has 2 unspecified atom stereocenters. The van der Waals surface area contributed by atoms with Crippen molar-refractivity contribution in [3.05, 3.63) is 36.5 Å². The van der Waals surface area contributed by atoms with Gasteiger partial charge in [-0.3, -0.25) is 9.59 Å². The first kappa shape index (κ1) is 81.1. The Labute approximate surface area is 519 Å². The number of hydrogen-bond acceptors (Lipinski definition) is 5. The smallest absolute Gasteiger partial charge is 0.305 e. The lowest BCUT2D eigenvalue weighted by molar-refractivity contribution is -0.143. The Hall–Kier alpha value is -1.92. The average molecular weight is 1170 g/mol. The molecule has 0 aromatic rings. The lowest BCUT2D eigenvalue weighted by atomic mass is 10.0. The van der Waals surface area contributed by atoms with Gasteiger partial charge in [0.15, 0.2) is 0 Å². The van der Waals surface area contributed by atoms with Crippen molar-refractivity contribution in [3.63, 3.8) is 0 Å². The Kier molecular flexibility index (Phi) is 70.9. The highest BCUT2D eigenvalue weighted by molar-refractivity contribution is 5.76. The van der Waals surface area contributed by atoms with Crippen molar-refractivity contribution in [1.29, 1.82) is 0 Å². The van der Waals surface area contributed by atoms with Gasteiger partial charge in [-0.05, 0) is 83.5 Å². The molecule has 83 heavy (non-hydrogen) atoms. The van der Waals surface area contributed by atoms with E-state index in [0.717, 1.165) is 44.9 Å². The lowest BCUT2D eigenvalue weighted by Crippen LogP contribution is -2.45. The van der Waals surface area contributed by atoms with Crippen molar-refractivity contribution < 1.29 is 24.5 Å². The summed E-state index contributed by atoms with van der Waals surface area (Å²) in [5, 5.41) is 23.3. The number of carbonyl (C=O) groups is 2. The molecule has 3 N–H and O–H groups in total. The summed E-state index contributed by atoms with van der Waals surface area (Å²) in [6.45, 7) is 4.93. The third-order valence-corrected chi connectivity index (χ3v) is 17.6. The van der Waals surface area contributed by atoms with E-state index in [1.54, 1.807) is 6.08 Å². The first-order chi connectivity index (χ1) is 41.0. The Morgan fingerprint density at radius 2 is 0.566 bits per heavy atom. The number of esters is 1. The van der Waals surface area contributed by atoms with Crippen LogP contribution in [0.4, 0.5) is 0 Å². The van der Waals surface area contributed by atoms with Crippen LogP contribution in [0.3, 0.4) is 0 Å². The number of hydrogen-bond donors (Lipinski definition) is 3. The van der Waals surface area contributed by atoms with E-state index in [4.69, 9.17) is 4.74 Å². The zero-order valence-electron chi connectivity index (χ0n) is 56.2. The highest BCUT2D eigenvalue weighted by Crippen LogP contribution is 2.19. The van der Waals surface area contributed by atoms with E-state index in [0.29, 0.717) is 19.4 Å². The van der Waals surface area contributed by atoms with Crippen molar-refractivity contribution in [1.82, 2.24) is 5.32 Å². The van der Waals surface area contributed by atoms with Crippen LogP contribution in [0.15, 0.2) is 36.5 Å². The maximum atomic E-state index is 12.5. The number of aliphatic hydroxyl groups excluding tert-OH is 2. The highest BCUT2D eigenvalue weighted by atomic mass is 16.5. The fraction of sp³-hybridized carbons (Fsp3) is 0.896. The Morgan fingerprint density at radius 1 is 0.325 bits per heavy atom. The van der Waals surface area contributed by atoms with Crippen LogP contribution >= 0.6 is 0 Å². The second-order valence-corrected chi connectivity index (χ2v) is 26.0. The van der Waals surface area contributed by atoms with Gasteiger partial charge in [-0.15, -0.1) is 0 Å². The topological polar surface area (TPSA) is 95.9 Å². The van der Waals surface area contributed by atoms with Gasteiger partial charge in [-0.1, -0.05) is 359 Å². The Balaban J connectivity index is 3.40. The molecule has 0 saturated heterocycles. The largest absolute Gasteiger partial charge is 0.466 e. The summed E-state index contributed by atoms with van der Waals surface area (Å²) in [6.07, 6.45) is 93.9. The molecule has 6 nitrogen and oxygen atoms in total. The number of ether oxygens (including phenoxy) is 1. The number of allylic oxidation sites excluding steroid dienone is 5. The van der Waals surface area contributed by atoms with Crippen LogP contribution in [0, 0.1) is 0 Å². The summed E-state index contributed by atoms with van der Waals surface area (Å²) < 4.78 is 5.49. The normalized spacial score (nSPS) is 12.7. The molecule has 0 bridgehead atoms. The van der Waals surface area contributed by atoms with Crippen LogP contribution in [0.1, 0.15) is 418 Å². The molecule has 0 aromatic heterocycles. The van der Waals surface area contributed by atoms with Gasteiger partial charge < -0.3 is 20.3 Å². The Bertz CT molecular complexity index is 1340. The molecule has 0 heterocycles. The monoisotopic (exact) mass is 1170 g/mol. The summed E-state index contributed by atoms with van der Waals surface area (Å²) >= 11 is 0. The fourth-order valence-corrected chi connectivity index (χ4v) is 11.9. The SMILES string of the molecule is CCCCCCC/C=C\CCCCCCCC(=O)OCCCCCCCCCCCCCC/C=C\CCCCCCCCCCCCCCCC(=O)NC(CO)C(O)/C=C/CCCCCCCCCCCCCCCCCCCCCCC. The van der Waals surface area contributed by atoms with Crippen LogP contribution in [0.2, 0.25) is 0 Å². The van der Waals surface area contributed by atoms with Crippen LogP contribution in [0.25, 0.3) is 0 Å².